The zero-order chi connectivity index (χ0) is 22.3. The third-order valence-corrected chi connectivity index (χ3v) is 6.19. The molecule has 1 heterocycles. The molecule has 0 saturated heterocycles. The highest BCUT2D eigenvalue weighted by Crippen LogP contribution is 2.28. The third-order valence-electron chi connectivity index (χ3n) is 5.89. The number of aromatic hydroxyl groups is 1. The predicted molar refractivity (Wildman–Crippen MR) is 131 cm³/mol. The molecule has 32 heavy (non-hydrogen) atoms. The number of benzene rings is 3. The maximum Gasteiger partial charge on any atom is 0.255 e. The molecule has 1 aliphatic rings. The number of nitrogens with zero attached hydrogens (tertiary/aromatic N) is 1. The second-order valence-electron chi connectivity index (χ2n) is 8.16. The van der Waals surface area contributed by atoms with Crippen LogP contribution >= 0.6 is 11.6 Å². The Morgan fingerprint density at radius 2 is 1.50 bits per heavy atom. The Morgan fingerprint density at radius 1 is 0.906 bits per heavy atom. The highest BCUT2D eigenvalue weighted by atomic mass is 35.5. The summed E-state index contributed by atoms with van der Waals surface area (Å²) in [4.78, 5) is 16.4. The number of aromatic nitrogens is 1. The van der Waals surface area contributed by atoms with E-state index in [9.17, 15) is 9.90 Å². The summed E-state index contributed by atoms with van der Waals surface area (Å²) >= 11 is 5.66. The minimum absolute atomic E-state index is 0.0141. The van der Waals surface area contributed by atoms with Crippen LogP contribution in [0.15, 0.2) is 89.9 Å². The van der Waals surface area contributed by atoms with Gasteiger partial charge >= 0.3 is 0 Å². The lowest BCUT2D eigenvalue weighted by molar-refractivity contribution is 0.111. The molecule has 164 valence electrons. The lowest BCUT2D eigenvalue weighted by atomic mass is 9.90. The van der Waals surface area contributed by atoms with Gasteiger partial charge in [-0.25, -0.2) is 0 Å². The van der Waals surface area contributed by atoms with Gasteiger partial charge < -0.3 is 10.1 Å². The normalized spacial score (nSPS) is 13.4. The number of nitrogens with one attached hydrogen (secondary N) is 1. The zero-order valence-electron chi connectivity index (χ0n) is 17.9. The van der Waals surface area contributed by atoms with Crippen molar-refractivity contribution in [1.29, 1.82) is 0 Å². The molecule has 3 aromatic carbocycles. The number of pyridine rings is 1. The number of hydrogen-bond donors (Lipinski definition) is 2. The summed E-state index contributed by atoms with van der Waals surface area (Å²) in [6.07, 6.45) is 5.64. The van der Waals surface area contributed by atoms with Crippen molar-refractivity contribution in [3.63, 3.8) is 0 Å². The van der Waals surface area contributed by atoms with E-state index in [0.29, 0.717) is 10.8 Å². The lowest BCUT2D eigenvalue weighted by Crippen LogP contribution is -2.39. The van der Waals surface area contributed by atoms with Crippen molar-refractivity contribution in [3.8, 4) is 5.75 Å². The van der Waals surface area contributed by atoms with E-state index in [-0.39, 0.29) is 16.3 Å². The molecule has 4 aromatic rings. The fourth-order valence-corrected chi connectivity index (χ4v) is 4.06. The molecule has 0 atom stereocenters. The topological polar surface area (TPSA) is 56.3 Å². The minimum Gasteiger partial charge on any atom is -0.506 e. The second kappa shape index (κ2) is 10.5. The molecule has 4 nitrogen and oxygen atoms in total. The number of H-pyrrole nitrogens is 1. The number of aromatic amines is 1. The molecular formula is C27H27ClN2O2. The predicted octanol–water partition coefficient (Wildman–Crippen LogP) is 6.13. The first kappa shape index (κ1) is 22.1. The van der Waals surface area contributed by atoms with E-state index in [2.05, 4.69) is 70.5 Å². The molecule has 0 unspecified atom stereocenters. The summed E-state index contributed by atoms with van der Waals surface area (Å²) in [5.74, 6) is -0.0141. The Morgan fingerprint density at radius 3 is 2.03 bits per heavy atom. The van der Waals surface area contributed by atoms with Gasteiger partial charge in [0.1, 0.15) is 5.75 Å². The Hall–Kier alpha value is -3.08. The second-order valence-corrected chi connectivity index (χ2v) is 8.57. The summed E-state index contributed by atoms with van der Waals surface area (Å²) < 4.78 is 0. The molecule has 1 fully saturated rings. The van der Waals surface area contributed by atoms with Crippen LogP contribution in [0.4, 0.5) is 0 Å². The molecule has 1 aromatic heterocycles. The first-order valence-electron chi connectivity index (χ1n) is 10.9. The highest BCUT2D eigenvalue weighted by Gasteiger charge is 2.24. The van der Waals surface area contributed by atoms with Gasteiger partial charge in [0.05, 0.1) is 5.02 Å². The van der Waals surface area contributed by atoms with Crippen molar-refractivity contribution in [2.75, 3.05) is 0 Å². The molecule has 0 bridgehead atoms. The van der Waals surface area contributed by atoms with Crippen LogP contribution in [0, 0.1) is 0 Å². The van der Waals surface area contributed by atoms with Crippen LogP contribution in [0.25, 0.3) is 10.8 Å². The summed E-state index contributed by atoms with van der Waals surface area (Å²) in [7, 11) is 0. The van der Waals surface area contributed by atoms with Gasteiger partial charge in [-0.1, -0.05) is 78.7 Å². The SMILES string of the molecule is O=c1[nH]ccc2cc(O)c(Cl)cc12.c1ccc(CN(Cc2ccccc2)C2CCC2)cc1. The molecule has 5 rings (SSSR count). The van der Waals surface area contributed by atoms with E-state index in [4.69, 9.17) is 11.6 Å². The maximum absolute atomic E-state index is 11.2. The Labute approximate surface area is 193 Å². The minimum atomic E-state index is -0.209. The molecule has 1 saturated carbocycles. The van der Waals surface area contributed by atoms with Crippen LogP contribution in [0.5, 0.6) is 5.75 Å². The number of hydrogen-bond acceptors (Lipinski definition) is 3. The average molecular weight is 447 g/mol. The van der Waals surface area contributed by atoms with Crippen LogP contribution in [-0.2, 0) is 13.1 Å². The van der Waals surface area contributed by atoms with Crippen LogP contribution < -0.4 is 5.56 Å². The van der Waals surface area contributed by atoms with E-state index in [1.807, 2.05) is 0 Å². The Balaban J connectivity index is 0.000000165. The van der Waals surface area contributed by atoms with Gasteiger partial charge in [0.15, 0.2) is 0 Å². The van der Waals surface area contributed by atoms with Gasteiger partial charge in [-0.15, -0.1) is 0 Å². The fraction of sp³-hybridized carbons (Fsp3) is 0.222. The van der Waals surface area contributed by atoms with Crippen molar-refractivity contribution in [1.82, 2.24) is 9.88 Å². The summed E-state index contributed by atoms with van der Waals surface area (Å²) in [5, 5.41) is 10.6. The number of phenols is 1. The third kappa shape index (κ3) is 5.58. The van der Waals surface area contributed by atoms with Crippen LogP contribution in [-0.4, -0.2) is 21.0 Å². The molecule has 5 heteroatoms. The van der Waals surface area contributed by atoms with E-state index < -0.39 is 0 Å². The van der Waals surface area contributed by atoms with Gasteiger partial charge in [-0.2, -0.15) is 0 Å². The van der Waals surface area contributed by atoms with E-state index in [1.165, 1.54) is 48.7 Å². The van der Waals surface area contributed by atoms with Crippen LogP contribution in [0.1, 0.15) is 30.4 Å². The summed E-state index contributed by atoms with van der Waals surface area (Å²) in [6, 6.07) is 27.1. The van der Waals surface area contributed by atoms with Crippen molar-refractivity contribution >= 4 is 22.4 Å². The van der Waals surface area contributed by atoms with Gasteiger partial charge in [-0.05, 0) is 47.6 Å². The highest BCUT2D eigenvalue weighted by molar-refractivity contribution is 6.32. The monoisotopic (exact) mass is 446 g/mol. The molecule has 0 spiro atoms. The number of rotatable bonds is 5. The van der Waals surface area contributed by atoms with Gasteiger partial charge in [0.25, 0.3) is 5.56 Å². The number of fused-ring (bicyclic) bond motifs is 1. The van der Waals surface area contributed by atoms with Gasteiger partial charge in [-0.3, -0.25) is 9.69 Å². The van der Waals surface area contributed by atoms with Crippen molar-refractivity contribution in [3.05, 3.63) is 112 Å². The van der Waals surface area contributed by atoms with E-state index >= 15 is 0 Å². The van der Waals surface area contributed by atoms with Gasteiger partial charge in [0.2, 0.25) is 0 Å². The number of halogens is 1. The number of phenolic OH excluding ortho intramolecular Hbond substituents is 1. The Kier molecular flexibility index (Phi) is 7.25. The fourth-order valence-electron chi connectivity index (χ4n) is 3.90. The first-order valence-corrected chi connectivity index (χ1v) is 11.3. The summed E-state index contributed by atoms with van der Waals surface area (Å²) in [6.45, 7) is 2.14. The molecule has 0 amide bonds. The Bertz CT molecular complexity index is 1160. The average Bonchev–Trinajstić information content (AvgIpc) is 2.76. The first-order chi connectivity index (χ1) is 15.6. The largest absolute Gasteiger partial charge is 0.506 e. The summed E-state index contributed by atoms with van der Waals surface area (Å²) in [5.41, 5.74) is 2.63. The maximum atomic E-state index is 11.2. The molecule has 0 aliphatic heterocycles. The molecule has 2 N–H and O–H groups in total. The molecular weight excluding hydrogens is 420 g/mol. The van der Waals surface area contributed by atoms with E-state index in [1.54, 1.807) is 6.07 Å². The quantitative estimate of drug-likeness (QED) is 0.387. The van der Waals surface area contributed by atoms with Crippen LogP contribution in [0.3, 0.4) is 0 Å². The molecule has 1 aliphatic carbocycles. The van der Waals surface area contributed by atoms with Crippen molar-refractivity contribution in [2.45, 2.75) is 38.4 Å². The lowest BCUT2D eigenvalue weighted by Gasteiger charge is -2.37. The van der Waals surface area contributed by atoms with Crippen LogP contribution in [0.2, 0.25) is 5.02 Å². The smallest absolute Gasteiger partial charge is 0.255 e. The van der Waals surface area contributed by atoms with Crippen molar-refractivity contribution < 1.29 is 5.11 Å². The molecule has 0 radical (unpaired) electrons. The zero-order valence-corrected chi connectivity index (χ0v) is 18.6. The van der Waals surface area contributed by atoms with Crippen molar-refractivity contribution in [2.24, 2.45) is 0 Å². The van der Waals surface area contributed by atoms with E-state index in [0.717, 1.165) is 19.1 Å². The standard InChI is InChI=1S/C18H21N.C9H6ClNO2/c1-3-8-16(9-4-1)14-19(18-12-7-13-18)15-17-10-5-2-6-11-17;10-7-4-6-5(3-8(7)12)1-2-11-9(6)13/h1-6,8-11,18H,7,12-15H2;1-4,12H,(H,11,13). The van der Waals surface area contributed by atoms with Gasteiger partial charge in [0, 0.05) is 30.7 Å².